The lowest BCUT2D eigenvalue weighted by molar-refractivity contribution is -0.0773. The molecule has 1 saturated heterocycles. The van der Waals surface area contributed by atoms with E-state index in [0.717, 1.165) is 32.1 Å². The second-order valence-electron chi connectivity index (χ2n) is 23.6. The molecule has 78 heavy (non-hydrogen) atoms. The van der Waals surface area contributed by atoms with Gasteiger partial charge in [-0.1, -0.05) is 205 Å². The van der Waals surface area contributed by atoms with Gasteiger partial charge in [-0.3, -0.25) is 4.90 Å². The number of amides is 2. The van der Waals surface area contributed by atoms with Crippen molar-refractivity contribution in [3.63, 3.8) is 0 Å². The first-order valence-electron chi connectivity index (χ1n) is 29.8. The van der Waals surface area contributed by atoms with Crippen molar-refractivity contribution in [2.45, 2.75) is 297 Å². The summed E-state index contributed by atoms with van der Waals surface area (Å²) in [7, 11) is 0. The van der Waals surface area contributed by atoms with Gasteiger partial charge in [0, 0.05) is 1.43 Å². The van der Waals surface area contributed by atoms with Crippen LogP contribution < -0.4 is 5.32 Å². The van der Waals surface area contributed by atoms with Crippen LogP contribution in [0.3, 0.4) is 0 Å². The fraction of sp³-hybridized carbons (Fsp3) is 0.750. The van der Waals surface area contributed by atoms with Gasteiger partial charge in [0.15, 0.2) is 6.10 Å². The summed E-state index contributed by atoms with van der Waals surface area (Å²) in [6.45, 7) is 18.3. The molecule has 450 valence electrons. The van der Waals surface area contributed by atoms with E-state index in [1.165, 1.54) is 120 Å². The molecule has 6 atom stereocenters. The largest absolute Gasteiger partial charge is 0.455 e. The first-order chi connectivity index (χ1) is 36.6. The van der Waals surface area contributed by atoms with Crippen molar-refractivity contribution in [2.75, 3.05) is 13.2 Å². The van der Waals surface area contributed by atoms with Crippen molar-refractivity contribution < 1.29 is 59.6 Å². The number of hydrogen-bond donors (Lipinski definition) is 4. The van der Waals surface area contributed by atoms with Crippen molar-refractivity contribution in [1.29, 1.82) is 0 Å². The number of rotatable bonds is 36. The number of nitrogens with one attached hydrogen (secondary N) is 1. The van der Waals surface area contributed by atoms with Crippen LogP contribution >= 0.6 is 0 Å². The van der Waals surface area contributed by atoms with Gasteiger partial charge in [0.2, 0.25) is 0 Å². The molecule has 0 aromatic heterocycles. The summed E-state index contributed by atoms with van der Waals surface area (Å²) < 4.78 is 28.6. The zero-order chi connectivity index (χ0) is 57.1. The Kier molecular flexibility index (Phi) is 36.8. The van der Waals surface area contributed by atoms with Crippen LogP contribution in [0, 0.1) is 0 Å². The monoisotopic (exact) mass is 1100 g/mol. The van der Waals surface area contributed by atoms with Crippen LogP contribution in [0.25, 0.3) is 0 Å². The lowest BCUT2D eigenvalue weighted by Gasteiger charge is -2.37. The second-order valence-corrected chi connectivity index (χ2v) is 23.6. The first-order valence-corrected chi connectivity index (χ1v) is 29.8. The topological polar surface area (TPSA) is 190 Å². The maximum absolute atomic E-state index is 13.2. The van der Waals surface area contributed by atoms with Gasteiger partial charge in [-0.05, 0) is 98.9 Å². The van der Waals surface area contributed by atoms with Gasteiger partial charge in [-0.25, -0.2) is 19.2 Å². The van der Waals surface area contributed by atoms with Crippen LogP contribution in [0.15, 0.2) is 60.7 Å². The van der Waals surface area contributed by atoms with Crippen LogP contribution in [0.1, 0.15) is 266 Å². The molecule has 1 aliphatic heterocycles. The van der Waals surface area contributed by atoms with Crippen LogP contribution in [-0.2, 0) is 23.7 Å². The quantitative estimate of drug-likeness (QED) is 0.0287. The number of ether oxygens (including phenoxy) is 5. The summed E-state index contributed by atoms with van der Waals surface area (Å²) in [5.41, 5.74) is -1.65. The van der Waals surface area contributed by atoms with Crippen LogP contribution in [0.5, 0.6) is 0 Å². The third-order valence-electron chi connectivity index (χ3n) is 13.8. The molecule has 2 aromatic rings. The van der Waals surface area contributed by atoms with Gasteiger partial charge in [0.05, 0.1) is 42.5 Å². The number of aliphatic hydroxyl groups is 3. The van der Waals surface area contributed by atoms with E-state index in [2.05, 4.69) is 19.2 Å². The number of aliphatic hydroxyl groups excluding tert-OH is 3. The second kappa shape index (κ2) is 40.0. The molecule has 0 unspecified atom stereocenters. The standard InChI is InChI=1S/C37H55NO7.C26H51NO5.CH4.H2/c1-5-6-7-8-9-10-11-12-13-14-15-22-27-32(43-34(40)29-23-18-16-19-24-29)33(44-35(41)30-25-20-17-21-26-30)31(28-39)38-36(42)45-37(2,3)4;1-7-8-9-10-11-12-13-14-15-16-17-18-19-22(28)23(29)21-20-31-26(5,6)27(21)24(30)32-25(2,3)4;;/h16-21,23-26,31-33,39H,5-15,22,27-28H2,1-4H3,(H,38,42);21-23,28-29H,7-20H2,1-6H3;1H4;1H/t31-,32+,33-;21-,22+,23-;;/m00../s1/i;;;1+1. The number of hydrogen-bond acceptors (Lipinski definition) is 12. The van der Waals surface area contributed by atoms with Gasteiger partial charge in [0.25, 0.3) is 0 Å². The smallest absolute Gasteiger partial charge is 0.412 e. The Balaban J connectivity index is 0.00000159. The van der Waals surface area contributed by atoms with Gasteiger partial charge < -0.3 is 44.3 Å². The van der Waals surface area contributed by atoms with Gasteiger partial charge in [-0.15, -0.1) is 0 Å². The molecule has 14 heteroatoms. The zero-order valence-electron chi connectivity index (χ0n) is 49.5. The average molecular weight is 1100 g/mol. The van der Waals surface area contributed by atoms with E-state index in [0.29, 0.717) is 30.4 Å². The molecule has 1 fully saturated rings. The summed E-state index contributed by atoms with van der Waals surface area (Å²) in [5.74, 6) is -1.23. The summed E-state index contributed by atoms with van der Waals surface area (Å²) in [4.78, 5) is 53.3. The summed E-state index contributed by atoms with van der Waals surface area (Å²) in [6.07, 6.45) is 24.8. The minimum Gasteiger partial charge on any atom is -0.455 e. The Bertz CT molecular complexity index is 1870. The Hall–Kier alpha value is -4.24. The number of esters is 2. The van der Waals surface area contributed by atoms with Gasteiger partial charge in [-0.2, -0.15) is 0 Å². The average Bonchev–Trinajstić information content (AvgIpc) is 3.79. The highest BCUT2D eigenvalue weighted by atomic mass is 16.6. The molecule has 1 aliphatic rings. The number of nitrogens with zero attached hydrogens (tertiary/aromatic N) is 1. The van der Waals surface area contributed by atoms with Crippen molar-refractivity contribution in [2.24, 2.45) is 0 Å². The fourth-order valence-electron chi connectivity index (χ4n) is 9.50. The third-order valence-corrected chi connectivity index (χ3v) is 13.8. The molecule has 0 radical (unpaired) electrons. The molecule has 4 N–H and O–H groups in total. The van der Waals surface area contributed by atoms with E-state index >= 15 is 0 Å². The van der Waals surface area contributed by atoms with Gasteiger partial charge >= 0.3 is 24.1 Å². The molecular formula is C64H112N2O12. The first kappa shape index (κ1) is 71.8. The van der Waals surface area contributed by atoms with Crippen LogP contribution in [0.2, 0.25) is 0 Å². The summed E-state index contributed by atoms with van der Waals surface area (Å²) in [6, 6.07) is 15.3. The van der Waals surface area contributed by atoms with Crippen molar-refractivity contribution in [3.05, 3.63) is 71.8 Å². The van der Waals surface area contributed by atoms with E-state index in [1.807, 2.05) is 20.8 Å². The minimum atomic E-state index is -1.17. The lowest BCUT2D eigenvalue weighted by atomic mass is 9.98. The molecule has 14 nitrogen and oxygen atoms in total. The molecule has 0 spiro atoms. The Morgan fingerprint density at radius 1 is 0.615 bits per heavy atom. The fourth-order valence-corrected chi connectivity index (χ4v) is 9.50. The predicted octanol–water partition coefficient (Wildman–Crippen LogP) is 15.5. The summed E-state index contributed by atoms with van der Waals surface area (Å²) >= 11 is 0. The minimum absolute atomic E-state index is 0. The maximum Gasteiger partial charge on any atom is 0.412 e. The van der Waals surface area contributed by atoms with E-state index in [-0.39, 0.29) is 15.5 Å². The van der Waals surface area contributed by atoms with E-state index < -0.39 is 84.2 Å². The number of unbranched alkanes of at least 4 members (excludes halogenated alkanes) is 22. The molecule has 2 aromatic carbocycles. The van der Waals surface area contributed by atoms with Gasteiger partial charge in [0.1, 0.15) is 29.1 Å². The van der Waals surface area contributed by atoms with E-state index in [4.69, 9.17) is 23.7 Å². The molecule has 3 rings (SSSR count). The third kappa shape index (κ3) is 30.9. The van der Waals surface area contributed by atoms with Crippen LogP contribution in [-0.4, -0.2) is 111 Å². The van der Waals surface area contributed by atoms with Crippen molar-refractivity contribution >= 4 is 24.1 Å². The number of carbonyl (C=O) groups is 4. The van der Waals surface area contributed by atoms with Crippen molar-refractivity contribution in [3.8, 4) is 0 Å². The lowest BCUT2D eigenvalue weighted by Crippen LogP contribution is -2.55. The molecule has 0 aliphatic carbocycles. The van der Waals surface area contributed by atoms with Crippen molar-refractivity contribution in [1.82, 2.24) is 10.2 Å². The van der Waals surface area contributed by atoms with E-state index in [1.54, 1.807) is 95.3 Å². The predicted molar refractivity (Wildman–Crippen MR) is 316 cm³/mol. The number of carbonyl (C=O) groups excluding carboxylic acids is 4. The highest BCUT2D eigenvalue weighted by Crippen LogP contribution is 2.32. The van der Waals surface area contributed by atoms with E-state index in [9.17, 15) is 34.5 Å². The zero-order valence-corrected chi connectivity index (χ0v) is 49.5. The van der Waals surface area contributed by atoms with Crippen LogP contribution in [0.4, 0.5) is 9.59 Å². The molecule has 0 saturated carbocycles. The normalized spacial score (nSPS) is 16.1. The molecular weight excluding hydrogens is 989 g/mol. The highest BCUT2D eigenvalue weighted by molar-refractivity contribution is 5.90. The SMILES string of the molecule is C.CCCCCCCCCCCCCC[C@@H](O)[C@@H](O)[C@@H]1COC(C)(C)N1C(=O)OC(C)(C)C.CCCCCCCCCCCCCC[C@@H](OC(=O)c1ccccc1)[C@@H](OC(=O)c1ccccc1)[C@H](CO)NC(=O)OC(C)(C)C.[2HH]. The Morgan fingerprint density at radius 3 is 1.40 bits per heavy atom. The number of benzene rings is 2. The maximum atomic E-state index is 13.2. The Labute approximate surface area is 474 Å². The number of alkyl carbamates (subject to hydrolysis) is 1. The summed E-state index contributed by atoms with van der Waals surface area (Å²) in [5, 5.41) is 34.4. The molecule has 0 bridgehead atoms. The molecule has 2 amide bonds. The molecule has 1 heterocycles. The Morgan fingerprint density at radius 2 is 1.00 bits per heavy atom. The highest BCUT2D eigenvalue weighted by Gasteiger charge is 2.49.